The van der Waals surface area contributed by atoms with Crippen LogP contribution in [0.4, 0.5) is 5.69 Å². The van der Waals surface area contributed by atoms with E-state index in [0.29, 0.717) is 0 Å². The molecule has 0 amide bonds. The van der Waals surface area contributed by atoms with Crippen LogP contribution in [0.1, 0.15) is 18.9 Å². The minimum Gasteiger partial charge on any atom is -0.372 e. The maximum Gasteiger partial charge on any atom is 0.0407 e. The molecule has 2 aromatic rings. The summed E-state index contributed by atoms with van der Waals surface area (Å²) in [6.07, 6.45) is 2.30. The van der Waals surface area contributed by atoms with Gasteiger partial charge in [0.1, 0.15) is 0 Å². The van der Waals surface area contributed by atoms with Gasteiger partial charge in [-0.25, -0.2) is 0 Å². The van der Waals surface area contributed by atoms with E-state index in [2.05, 4.69) is 54.3 Å². The summed E-state index contributed by atoms with van der Waals surface area (Å²) in [4.78, 5) is 2.39. The van der Waals surface area contributed by atoms with E-state index in [1.165, 1.54) is 17.7 Å². The van der Waals surface area contributed by atoms with E-state index in [9.17, 15) is 0 Å². The minimum atomic E-state index is 0.795. The van der Waals surface area contributed by atoms with Gasteiger partial charge < -0.3 is 4.90 Å². The Hall–Kier alpha value is -1.47. The Balaban J connectivity index is 1.87. The Labute approximate surface area is 120 Å². The molecule has 0 radical (unpaired) electrons. The van der Waals surface area contributed by atoms with Crippen molar-refractivity contribution in [3.8, 4) is 0 Å². The highest BCUT2D eigenvalue weighted by Crippen LogP contribution is 2.18. The van der Waals surface area contributed by atoms with Crippen LogP contribution in [-0.2, 0) is 6.42 Å². The molecule has 0 saturated carbocycles. The number of hydrogen-bond donors (Lipinski definition) is 0. The molecule has 0 atom stereocenters. The zero-order chi connectivity index (χ0) is 13.5. The normalized spacial score (nSPS) is 10.4. The van der Waals surface area contributed by atoms with Crippen LogP contribution in [0.5, 0.6) is 0 Å². The van der Waals surface area contributed by atoms with Crippen LogP contribution in [0, 0.1) is 0 Å². The van der Waals surface area contributed by atoms with Gasteiger partial charge in [0.2, 0.25) is 0 Å². The molecule has 0 aliphatic carbocycles. The van der Waals surface area contributed by atoms with Crippen molar-refractivity contribution < 1.29 is 0 Å². The molecule has 19 heavy (non-hydrogen) atoms. The molecule has 1 nitrogen and oxygen atoms in total. The van der Waals surface area contributed by atoms with Gasteiger partial charge in [-0.05, 0) is 49.6 Å². The van der Waals surface area contributed by atoms with E-state index in [1.807, 2.05) is 12.1 Å². The number of nitrogens with zero attached hydrogens (tertiary/aromatic N) is 1. The molecule has 0 bridgehead atoms. The molecule has 0 aliphatic heterocycles. The summed E-state index contributed by atoms with van der Waals surface area (Å²) in [7, 11) is 0. The molecule has 0 spiro atoms. The average Bonchev–Trinajstić information content (AvgIpc) is 2.46. The second kappa shape index (κ2) is 7.20. The van der Waals surface area contributed by atoms with Gasteiger partial charge >= 0.3 is 0 Å². The third-order valence-electron chi connectivity index (χ3n) is 3.31. The van der Waals surface area contributed by atoms with Crippen LogP contribution < -0.4 is 4.90 Å². The highest BCUT2D eigenvalue weighted by molar-refractivity contribution is 6.30. The van der Waals surface area contributed by atoms with Gasteiger partial charge in [-0.3, -0.25) is 0 Å². The third kappa shape index (κ3) is 4.29. The first kappa shape index (κ1) is 14.0. The van der Waals surface area contributed by atoms with Gasteiger partial charge in [0, 0.05) is 23.8 Å². The summed E-state index contributed by atoms with van der Waals surface area (Å²) < 4.78 is 0. The Morgan fingerprint density at radius 1 is 0.947 bits per heavy atom. The second-order valence-corrected chi connectivity index (χ2v) is 5.08. The van der Waals surface area contributed by atoms with Crippen molar-refractivity contribution in [3.63, 3.8) is 0 Å². The average molecular weight is 274 g/mol. The summed E-state index contributed by atoms with van der Waals surface area (Å²) in [6.45, 7) is 4.29. The number of halogens is 1. The van der Waals surface area contributed by atoms with Crippen molar-refractivity contribution in [2.24, 2.45) is 0 Å². The monoisotopic (exact) mass is 273 g/mol. The summed E-state index contributed by atoms with van der Waals surface area (Å²) >= 11 is 5.93. The summed E-state index contributed by atoms with van der Waals surface area (Å²) in [6, 6.07) is 18.8. The molecule has 0 heterocycles. The lowest BCUT2D eigenvalue weighted by molar-refractivity contribution is 0.746. The smallest absolute Gasteiger partial charge is 0.0407 e. The van der Waals surface area contributed by atoms with Crippen molar-refractivity contribution in [2.75, 3.05) is 18.0 Å². The van der Waals surface area contributed by atoms with Crippen molar-refractivity contribution in [1.29, 1.82) is 0 Å². The highest BCUT2D eigenvalue weighted by atomic mass is 35.5. The van der Waals surface area contributed by atoms with E-state index in [4.69, 9.17) is 11.6 Å². The Bertz CT molecular complexity index is 478. The van der Waals surface area contributed by atoms with E-state index in [-0.39, 0.29) is 0 Å². The third-order valence-corrected chi connectivity index (χ3v) is 3.56. The maximum atomic E-state index is 5.93. The predicted octanol–water partition coefficient (Wildman–Crippen LogP) is 4.80. The van der Waals surface area contributed by atoms with Crippen LogP contribution >= 0.6 is 11.6 Å². The topological polar surface area (TPSA) is 3.24 Å². The number of benzene rings is 2. The molecule has 100 valence electrons. The molecule has 0 unspecified atom stereocenters. The molecule has 0 aromatic heterocycles. The van der Waals surface area contributed by atoms with E-state index >= 15 is 0 Å². The van der Waals surface area contributed by atoms with Crippen LogP contribution in [0.25, 0.3) is 0 Å². The van der Waals surface area contributed by atoms with Gasteiger partial charge in [0.05, 0.1) is 0 Å². The number of anilines is 1. The van der Waals surface area contributed by atoms with Gasteiger partial charge in [0.25, 0.3) is 0 Å². The minimum absolute atomic E-state index is 0.795. The van der Waals surface area contributed by atoms with Crippen molar-refractivity contribution >= 4 is 17.3 Å². The van der Waals surface area contributed by atoms with Crippen LogP contribution in [0.2, 0.25) is 5.02 Å². The first-order valence-corrected chi connectivity index (χ1v) is 7.22. The lowest BCUT2D eigenvalue weighted by Crippen LogP contribution is -2.24. The molecular weight excluding hydrogens is 254 g/mol. The first-order valence-electron chi connectivity index (χ1n) is 6.84. The molecule has 0 aliphatic rings. The molecule has 0 fully saturated rings. The van der Waals surface area contributed by atoms with E-state index in [1.54, 1.807) is 0 Å². The summed E-state index contributed by atoms with van der Waals surface area (Å²) in [5, 5.41) is 0.795. The predicted molar refractivity (Wildman–Crippen MR) is 84.1 cm³/mol. The van der Waals surface area contributed by atoms with Crippen LogP contribution in [0.15, 0.2) is 54.6 Å². The fourth-order valence-corrected chi connectivity index (χ4v) is 2.37. The van der Waals surface area contributed by atoms with Crippen molar-refractivity contribution in [2.45, 2.75) is 19.8 Å². The standard InChI is InChI=1S/C17H20ClN/c1-2-19(17-12-10-16(18)11-13-17)14-6-9-15-7-4-3-5-8-15/h3-5,7-8,10-13H,2,6,9,14H2,1H3. The van der Waals surface area contributed by atoms with Gasteiger partial charge in [-0.1, -0.05) is 41.9 Å². The van der Waals surface area contributed by atoms with E-state index in [0.717, 1.165) is 24.5 Å². The van der Waals surface area contributed by atoms with Crippen molar-refractivity contribution in [1.82, 2.24) is 0 Å². The zero-order valence-electron chi connectivity index (χ0n) is 11.3. The highest BCUT2D eigenvalue weighted by Gasteiger charge is 2.03. The SMILES string of the molecule is CCN(CCCc1ccccc1)c1ccc(Cl)cc1. The largest absolute Gasteiger partial charge is 0.372 e. The Kier molecular flexibility index (Phi) is 5.29. The fraction of sp³-hybridized carbons (Fsp3) is 0.294. The second-order valence-electron chi connectivity index (χ2n) is 4.65. The lowest BCUT2D eigenvalue weighted by Gasteiger charge is -2.23. The van der Waals surface area contributed by atoms with Crippen LogP contribution in [-0.4, -0.2) is 13.1 Å². The van der Waals surface area contributed by atoms with Gasteiger partial charge in [-0.2, -0.15) is 0 Å². The Morgan fingerprint density at radius 3 is 2.26 bits per heavy atom. The molecular formula is C17H20ClN. The van der Waals surface area contributed by atoms with Gasteiger partial charge in [-0.15, -0.1) is 0 Å². The molecule has 2 aromatic carbocycles. The van der Waals surface area contributed by atoms with Crippen LogP contribution in [0.3, 0.4) is 0 Å². The zero-order valence-corrected chi connectivity index (χ0v) is 12.1. The fourth-order valence-electron chi connectivity index (χ4n) is 2.24. The number of hydrogen-bond acceptors (Lipinski definition) is 1. The summed E-state index contributed by atoms with van der Waals surface area (Å²) in [5.74, 6) is 0. The molecule has 0 saturated heterocycles. The molecule has 0 N–H and O–H groups in total. The summed E-state index contributed by atoms with van der Waals surface area (Å²) in [5.41, 5.74) is 2.66. The first-order chi connectivity index (χ1) is 9.29. The molecule has 2 rings (SSSR count). The Morgan fingerprint density at radius 2 is 1.63 bits per heavy atom. The molecule has 2 heteroatoms. The lowest BCUT2D eigenvalue weighted by atomic mass is 10.1. The quantitative estimate of drug-likeness (QED) is 0.731. The maximum absolute atomic E-state index is 5.93. The number of aryl methyl sites for hydroxylation is 1. The van der Waals surface area contributed by atoms with Crippen molar-refractivity contribution in [3.05, 3.63) is 65.2 Å². The van der Waals surface area contributed by atoms with Gasteiger partial charge in [0.15, 0.2) is 0 Å². The van der Waals surface area contributed by atoms with E-state index < -0.39 is 0 Å². The number of rotatable bonds is 6.